The van der Waals surface area contributed by atoms with Gasteiger partial charge in [-0.25, -0.2) is 0 Å². The summed E-state index contributed by atoms with van der Waals surface area (Å²) >= 11 is 0. The summed E-state index contributed by atoms with van der Waals surface area (Å²) in [5.74, 6) is -2.04. The van der Waals surface area contributed by atoms with E-state index in [1.54, 1.807) is 0 Å². The van der Waals surface area contributed by atoms with E-state index in [1.807, 2.05) is 32.0 Å². The van der Waals surface area contributed by atoms with Crippen LogP contribution < -0.4 is 5.32 Å². The molecule has 2 rings (SSSR count). The lowest BCUT2D eigenvalue weighted by molar-refractivity contribution is -0.148. The Bertz CT molecular complexity index is 535. The van der Waals surface area contributed by atoms with Crippen molar-refractivity contribution >= 4 is 17.6 Å². The molecule has 0 aromatic heterocycles. The maximum Gasteiger partial charge on any atom is 0.309 e. The minimum absolute atomic E-state index is 0.0621. The van der Waals surface area contributed by atoms with E-state index in [0.717, 1.165) is 23.2 Å². The number of aliphatic carboxylic acids is 1. The molecule has 0 saturated carbocycles. The maximum absolute atomic E-state index is 12.1. The number of carbonyl (C=O) groups is 2. The number of amides is 1. The Balaban J connectivity index is 2.02. The fourth-order valence-corrected chi connectivity index (χ4v) is 2.57. The van der Waals surface area contributed by atoms with Gasteiger partial charge in [0.2, 0.25) is 5.91 Å². The number of aryl methyl sites for hydroxylation is 2. The third kappa shape index (κ3) is 4.04. The molecule has 1 aromatic carbocycles. The fraction of sp³-hybridized carbons (Fsp3) is 0.500. The van der Waals surface area contributed by atoms with E-state index in [-0.39, 0.29) is 18.4 Å². The molecular formula is C16H21NO4. The van der Waals surface area contributed by atoms with Crippen LogP contribution in [-0.2, 0) is 14.3 Å². The number of hydrogen-bond donors (Lipinski definition) is 2. The fourth-order valence-electron chi connectivity index (χ4n) is 2.57. The van der Waals surface area contributed by atoms with Gasteiger partial charge in [-0.05, 0) is 43.9 Å². The first-order valence-corrected chi connectivity index (χ1v) is 7.19. The van der Waals surface area contributed by atoms with E-state index in [4.69, 9.17) is 4.74 Å². The van der Waals surface area contributed by atoms with Crippen LogP contribution in [0.15, 0.2) is 18.2 Å². The van der Waals surface area contributed by atoms with E-state index in [1.165, 1.54) is 0 Å². The third-order valence-electron chi connectivity index (χ3n) is 3.80. The largest absolute Gasteiger partial charge is 0.481 e. The Kier molecular flexibility index (Phi) is 4.96. The number of nitrogens with one attached hydrogen (secondary N) is 1. The molecule has 1 saturated heterocycles. The van der Waals surface area contributed by atoms with E-state index in [9.17, 15) is 14.7 Å². The SMILES string of the molecule is Cc1ccc(C)c(NC(=O)C[C@@H](C(=O)O)[C@@H]2CCCO2)c1. The van der Waals surface area contributed by atoms with Crippen LogP contribution in [0.3, 0.4) is 0 Å². The number of anilines is 1. The highest BCUT2D eigenvalue weighted by molar-refractivity contribution is 5.94. The lowest BCUT2D eigenvalue weighted by Gasteiger charge is -2.18. The molecule has 1 aromatic rings. The molecule has 1 aliphatic rings. The van der Waals surface area contributed by atoms with Gasteiger partial charge in [0, 0.05) is 18.7 Å². The van der Waals surface area contributed by atoms with Crippen molar-refractivity contribution in [3.8, 4) is 0 Å². The second-order valence-corrected chi connectivity index (χ2v) is 5.57. The first-order valence-electron chi connectivity index (χ1n) is 7.19. The lowest BCUT2D eigenvalue weighted by Crippen LogP contribution is -2.31. The molecule has 1 fully saturated rings. The van der Waals surface area contributed by atoms with Gasteiger partial charge in [-0.2, -0.15) is 0 Å². The standard InChI is InChI=1S/C16H21NO4/c1-10-5-6-11(2)13(8-10)17-15(18)9-12(16(19)20)14-4-3-7-21-14/h5-6,8,12,14H,3-4,7,9H2,1-2H3,(H,17,18)(H,19,20)/t12-,14+/m1/s1. The molecule has 1 aliphatic heterocycles. The minimum atomic E-state index is -0.974. The van der Waals surface area contributed by atoms with Gasteiger partial charge in [0.15, 0.2) is 0 Å². The van der Waals surface area contributed by atoms with Gasteiger partial charge in [0.05, 0.1) is 12.0 Å². The van der Waals surface area contributed by atoms with Gasteiger partial charge in [-0.1, -0.05) is 12.1 Å². The maximum atomic E-state index is 12.1. The number of carboxylic acid groups (broad SMARTS) is 1. The number of ether oxygens (including phenoxy) is 1. The molecular weight excluding hydrogens is 270 g/mol. The normalized spacial score (nSPS) is 19.2. The highest BCUT2D eigenvalue weighted by Crippen LogP contribution is 2.24. The van der Waals surface area contributed by atoms with Crippen molar-refractivity contribution in [2.45, 2.75) is 39.2 Å². The highest BCUT2D eigenvalue weighted by Gasteiger charge is 2.33. The summed E-state index contributed by atoms with van der Waals surface area (Å²) in [6, 6.07) is 5.78. The van der Waals surface area contributed by atoms with Crippen molar-refractivity contribution in [2.75, 3.05) is 11.9 Å². The molecule has 0 aliphatic carbocycles. The molecule has 114 valence electrons. The first kappa shape index (κ1) is 15.5. The molecule has 5 heteroatoms. The molecule has 21 heavy (non-hydrogen) atoms. The van der Waals surface area contributed by atoms with Crippen LogP contribution in [0.1, 0.15) is 30.4 Å². The molecule has 0 unspecified atom stereocenters. The molecule has 0 radical (unpaired) electrons. The van der Waals surface area contributed by atoms with Gasteiger partial charge in [-0.3, -0.25) is 9.59 Å². The van der Waals surface area contributed by atoms with E-state index in [0.29, 0.717) is 13.0 Å². The zero-order chi connectivity index (χ0) is 15.4. The summed E-state index contributed by atoms with van der Waals surface area (Å²) in [6.07, 6.45) is 1.14. The van der Waals surface area contributed by atoms with Crippen LogP contribution in [-0.4, -0.2) is 29.7 Å². The van der Waals surface area contributed by atoms with Crippen LogP contribution in [0.25, 0.3) is 0 Å². The van der Waals surface area contributed by atoms with Crippen molar-refractivity contribution in [3.05, 3.63) is 29.3 Å². The number of hydrogen-bond acceptors (Lipinski definition) is 3. The number of carboxylic acids is 1. The quantitative estimate of drug-likeness (QED) is 0.874. The monoisotopic (exact) mass is 291 g/mol. The molecule has 5 nitrogen and oxygen atoms in total. The van der Waals surface area contributed by atoms with Crippen LogP contribution in [0, 0.1) is 19.8 Å². The third-order valence-corrected chi connectivity index (χ3v) is 3.80. The van der Waals surface area contributed by atoms with Gasteiger partial charge < -0.3 is 15.2 Å². The van der Waals surface area contributed by atoms with Crippen molar-refractivity contribution < 1.29 is 19.4 Å². The topological polar surface area (TPSA) is 75.6 Å². The highest BCUT2D eigenvalue weighted by atomic mass is 16.5. The molecule has 2 atom stereocenters. The number of carbonyl (C=O) groups excluding carboxylic acids is 1. The van der Waals surface area contributed by atoms with Gasteiger partial charge in [0.1, 0.15) is 0 Å². The molecule has 1 amide bonds. The molecule has 1 heterocycles. The van der Waals surface area contributed by atoms with Crippen molar-refractivity contribution in [2.24, 2.45) is 5.92 Å². The van der Waals surface area contributed by atoms with Gasteiger partial charge >= 0.3 is 5.97 Å². The summed E-state index contributed by atoms with van der Waals surface area (Å²) < 4.78 is 5.41. The first-order chi connectivity index (χ1) is 9.97. The van der Waals surface area contributed by atoms with Gasteiger partial charge in [-0.15, -0.1) is 0 Å². The Labute approximate surface area is 124 Å². The second-order valence-electron chi connectivity index (χ2n) is 5.57. The molecule has 0 spiro atoms. The summed E-state index contributed by atoms with van der Waals surface area (Å²) in [5.41, 5.74) is 2.74. The summed E-state index contributed by atoms with van der Waals surface area (Å²) in [7, 11) is 0. The predicted molar refractivity (Wildman–Crippen MR) is 79.3 cm³/mol. The summed E-state index contributed by atoms with van der Waals surface area (Å²) in [5, 5.41) is 12.1. The average molecular weight is 291 g/mol. The summed E-state index contributed by atoms with van der Waals surface area (Å²) in [6.45, 7) is 4.43. The van der Waals surface area contributed by atoms with Crippen LogP contribution in [0.5, 0.6) is 0 Å². The van der Waals surface area contributed by atoms with Crippen molar-refractivity contribution in [1.82, 2.24) is 0 Å². The predicted octanol–water partition coefficient (Wildman–Crippen LogP) is 2.51. The molecule has 2 N–H and O–H groups in total. The average Bonchev–Trinajstić information content (AvgIpc) is 2.93. The summed E-state index contributed by atoms with van der Waals surface area (Å²) in [4.78, 5) is 23.5. The van der Waals surface area contributed by atoms with Crippen LogP contribution >= 0.6 is 0 Å². The Morgan fingerprint density at radius 2 is 2.19 bits per heavy atom. The second kappa shape index (κ2) is 6.72. The van der Waals surface area contributed by atoms with Gasteiger partial charge in [0.25, 0.3) is 0 Å². The minimum Gasteiger partial charge on any atom is -0.481 e. The Hall–Kier alpha value is -1.88. The van der Waals surface area contributed by atoms with E-state index >= 15 is 0 Å². The smallest absolute Gasteiger partial charge is 0.309 e. The number of rotatable bonds is 5. The van der Waals surface area contributed by atoms with E-state index in [2.05, 4.69) is 5.32 Å². The lowest BCUT2D eigenvalue weighted by atomic mass is 9.96. The number of benzene rings is 1. The zero-order valence-electron chi connectivity index (χ0n) is 12.4. The Morgan fingerprint density at radius 1 is 1.43 bits per heavy atom. The molecule has 0 bridgehead atoms. The zero-order valence-corrected chi connectivity index (χ0v) is 12.4. The van der Waals surface area contributed by atoms with Crippen LogP contribution in [0.4, 0.5) is 5.69 Å². The van der Waals surface area contributed by atoms with E-state index < -0.39 is 11.9 Å². The van der Waals surface area contributed by atoms with Crippen molar-refractivity contribution in [3.63, 3.8) is 0 Å². The Morgan fingerprint density at radius 3 is 2.81 bits per heavy atom. The van der Waals surface area contributed by atoms with Crippen LogP contribution in [0.2, 0.25) is 0 Å². The van der Waals surface area contributed by atoms with Crippen molar-refractivity contribution in [1.29, 1.82) is 0 Å².